The number of hydrogen-bond acceptors (Lipinski definition) is 4. The van der Waals surface area contributed by atoms with Crippen LogP contribution in [0.4, 0.5) is 0 Å². The highest BCUT2D eigenvalue weighted by molar-refractivity contribution is 7.10. The summed E-state index contributed by atoms with van der Waals surface area (Å²) in [7, 11) is 0. The van der Waals surface area contributed by atoms with E-state index in [1.165, 1.54) is 6.07 Å². The SMILES string of the molecule is CC(C)(C)c1cc([C@H](c2cccs2)c2ccc(O)cc2O)cc(C(C)(C)C)c1O. The normalized spacial score (nSPS) is 13.4. The van der Waals surface area contributed by atoms with Crippen LogP contribution in [0.1, 0.15) is 74.6 Å². The number of phenolic OH excluding ortho intramolecular Hbond substituents is 3. The van der Waals surface area contributed by atoms with Gasteiger partial charge in [-0.1, -0.05) is 65.8 Å². The van der Waals surface area contributed by atoms with Crippen molar-refractivity contribution in [1.82, 2.24) is 0 Å². The van der Waals surface area contributed by atoms with Crippen molar-refractivity contribution in [2.24, 2.45) is 0 Å². The first kappa shape index (κ1) is 21.3. The monoisotopic (exact) mass is 410 g/mol. The summed E-state index contributed by atoms with van der Waals surface area (Å²) in [5.41, 5.74) is 3.05. The third-order valence-electron chi connectivity index (χ3n) is 5.23. The van der Waals surface area contributed by atoms with Crippen LogP contribution in [0.2, 0.25) is 0 Å². The van der Waals surface area contributed by atoms with Crippen LogP contribution in [0, 0.1) is 0 Å². The van der Waals surface area contributed by atoms with Gasteiger partial charge in [0.05, 0.1) is 0 Å². The van der Waals surface area contributed by atoms with Gasteiger partial charge in [0.1, 0.15) is 17.2 Å². The van der Waals surface area contributed by atoms with Gasteiger partial charge in [-0.3, -0.25) is 0 Å². The number of thiophene rings is 1. The zero-order valence-electron chi connectivity index (χ0n) is 17.9. The smallest absolute Gasteiger partial charge is 0.123 e. The summed E-state index contributed by atoms with van der Waals surface area (Å²) in [4.78, 5) is 1.09. The van der Waals surface area contributed by atoms with Crippen LogP contribution in [-0.2, 0) is 10.8 Å². The third-order valence-corrected chi connectivity index (χ3v) is 6.17. The van der Waals surface area contributed by atoms with E-state index in [2.05, 4.69) is 59.7 Å². The molecule has 3 nitrogen and oxygen atoms in total. The molecule has 0 aliphatic heterocycles. The highest BCUT2D eigenvalue weighted by atomic mass is 32.1. The molecule has 2 aromatic carbocycles. The highest BCUT2D eigenvalue weighted by Gasteiger charge is 2.30. The second-order valence-electron chi connectivity index (χ2n) is 9.66. The Labute approximate surface area is 177 Å². The summed E-state index contributed by atoms with van der Waals surface area (Å²) in [5.74, 6) is 0.241. The van der Waals surface area contributed by atoms with Gasteiger partial charge in [-0.15, -0.1) is 11.3 Å². The number of phenols is 3. The molecule has 3 rings (SSSR count). The number of aromatic hydroxyl groups is 3. The Kier molecular flexibility index (Phi) is 5.44. The summed E-state index contributed by atoms with van der Waals surface area (Å²) in [6.45, 7) is 12.6. The fourth-order valence-electron chi connectivity index (χ4n) is 3.70. The van der Waals surface area contributed by atoms with Gasteiger partial charge in [-0.2, -0.15) is 0 Å². The van der Waals surface area contributed by atoms with Crippen molar-refractivity contribution < 1.29 is 15.3 Å². The standard InChI is InChI=1S/C25H30O3S/c1-24(2,3)18-12-15(13-19(23(18)28)25(4,5)6)22(21-8-7-11-29-21)17-10-9-16(26)14-20(17)27/h7-14,22,26-28H,1-6H3/t22-/m0/s1. The molecule has 0 radical (unpaired) electrons. The summed E-state index contributed by atoms with van der Waals surface area (Å²) in [6, 6.07) is 12.9. The zero-order chi connectivity index (χ0) is 21.6. The molecule has 1 aromatic heterocycles. The third kappa shape index (κ3) is 4.27. The Morgan fingerprint density at radius 2 is 1.38 bits per heavy atom. The van der Waals surface area contributed by atoms with E-state index in [0.29, 0.717) is 5.75 Å². The van der Waals surface area contributed by atoms with Gasteiger partial charge in [-0.25, -0.2) is 0 Å². The Bertz CT molecular complexity index is 971. The summed E-state index contributed by atoms with van der Waals surface area (Å²) < 4.78 is 0. The number of benzene rings is 2. The Morgan fingerprint density at radius 1 is 0.793 bits per heavy atom. The van der Waals surface area contributed by atoms with Gasteiger partial charge in [0.2, 0.25) is 0 Å². The van der Waals surface area contributed by atoms with E-state index in [0.717, 1.165) is 27.1 Å². The van der Waals surface area contributed by atoms with E-state index in [4.69, 9.17) is 0 Å². The van der Waals surface area contributed by atoms with Crippen LogP contribution >= 0.6 is 11.3 Å². The van der Waals surface area contributed by atoms with Gasteiger partial charge in [0, 0.05) is 22.4 Å². The van der Waals surface area contributed by atoms with Gasteiger partial charge < -0.3 is 15.3 Å². The maximum absolute atomic E-state index is 11.1. The Hall–Kier alpha value is -2.46. The maximum atomic E-state index is 11.1. The fraction of sp³-hybridized carbons (Fsp3) is 0.360. The molecule has 0 amide bonds. The van der Waals surface area contributed by atoms with Crippen LogP contribution in [-0.4, -0.2) is 15.3 Å². The van der Waals surface area contributed by atoms with E-state index in [9.17, 15) is 15.3 Å². The molecule has 1 heterocycles. The molecule has 0 saturated carbocycles. The average Bonchev–Trinajstić information content (AvgIpc) is 3.10. The second kappa shape index (κ2) is 7.42. The lowest BCUT2D eigenvalue weighted by Gasteiger charge is -2.30. The Morgan fingerprint density at radius 3 is 1.83 bits per heavy atom. The molecule has 3 N–H and O–H groups in total. The van der Waals surface area contributed by atoms with Crippen LogP contribution < -0.4 is 0 Å². The minimum Gasteiger partial charge on any atom is -0.508 e. The lowest BCUT2D eigenvalue weighted by molar-refractivity contribution is 0.422. The molecular formula is C25H30O3S. The van der Waals surface area contributed by atoms with Crippen molar-refractivity contribution in [3.63, 3.8) is 0 Å². The number of rotatable bonds is 3. The fourth-order valence-corrected chi connectivity index (χ4v) is 4.57. The first-order valence-corrected chi connectivity index (χ1v) is 10.7. The zero-order valence-corrected chi connectivity index (χ0v) is 18.8. The van der Waals surface area contributed by atoms with E-state index >= 15 is 0 Å². The quantitative estimate of drug-likeness (QED) is 0.453. The van der Waals surface area contributed by atoms with Crippen molar-refractivity contribution in [2.75, 3.05) is 0 Å². The first-order chi connectivity index (χ1) is 13.4. The van der Waals surface area contributed by atoms with Crippen molar-refractivity contribution in [3.8, 4) is 17.2 Å². The lowest BCUT2D eigenvalue weighted by atomic mass is 9.76. The Balaban J connectivity index is 2.34. The molecule has 0 spiro atoms. The molecule has 0 fully saturated rings. The average molecular weight is 411 g/mol. The van der Waals surface area contributed by atoms with Gasteiger partial charge in [0.15, 0.2) is 0 Å². The molecule has 0 saturated heterocycles. The largest absolute Gasteiger partial charge is 0.508 e. The molecule has 0 unspecified atom stereocenters. The predicted molar refractivity (Wildman–Crippen MR) is 121 cm³/mol. The molecule has 0 aliphatic rings. The summed E-state index contributed by atoms with van der Waals surface area (Å²) in [5, 5.41) is 33.5. The van der Waals surface area contributed by atoms with E-state index in [1.54, 1.807) is 23.5 Å². The molecule has 154 valence electrons. The van der Waals surface area contributed by atoms with Gasteiger partial charge >= 0.3 is 0 Å². The summed E-state index contributed by atoms with van der Waals surface area (Å²) >= 11 is 1.63. The summed E-state index contributed by atoms with van der Waals surface area (Å²) in [6.07, 6.45) is 0. The first-order valence-electron chi connectivity index (χ1n) is 9.82. The molecule has 3 aromatic rings. The molecule has 0 bridgehead atoms. The van der Waals surface area contributed by atoms with Crippen LogP contribution in [0.25, 0.3) is 0 Å². The topological polar surface area (TPSA) is 60.7 Å². The van der Waals surface area contributed by atoms with E-state index in [-0.39, 0.29) is 28.2 Å². The van der Waals surface area contributed by atoms with Crippen molar-refractivity contribution >= 4 is 11.3 Å². The number of hydrogen-bond donors (Lipinski definition) is 3. The predicted octanol–water partition coefficient (Wildman–Crippen LogP) is 6.64. The minimum atomic E-state index is -0.239. The minimum absolute atomic E-state index is 0.0349. The lowest BCUT2D eigenvalue weighted by Crippen LogP contribution is -2.19. The molecule has 0 aliphatic carbocycles. The second-order valence-corrected chi connectivity index (χ2v) is 10.6. The highest BCUT2D eigenvalue weighted by Crippen LogP contribution is 2.45. The van der Waals surface area contributed by atoms with Crippen LogP contribution in [0.15, 0.2) is 47.8 Å². The molecular weight excluding hydrogens is 380 g/mol. The van der Waals surface area contributed by atoms with Crippen molar-refractivity contribution in [3.05, 3.63) is 75.0 Å². The molecule has 29 heavy (non-hydrogen) atoms. The van der Waals surface area contributed by atoms with E-state index < -0.39 is 0 Å². The van der Waals surface area contributed by atoms with Crippen molar-refractivity contribution in [1.29, 1.82) is 0 Å². The van der Waals surface area contributed by atoms with Gasteiger partial charge in [0.25, 0.3) is 0 Å². The van der Waals surface area contributed by atoms with Gasteiger partial charge in [-0.05, 0) is 45.0 Å². The maximum Gasteiger partial charge on any atom is 0.123 e. The van der Waals surface area contributed by atoms with Crippen LogP contribution in [0.5, 0.6) is 17.2 Å². The van der Waals surface area contributed by atoms with E-state index in [1.807, 2.05) is 11.4 Å². The van der Waals surface area contributed by atoms with Crippen LogP contribution in [0.3, 0.4) is 0 Å². The molecule has 1 atom stereocenters. The van der Waals surface area contributed by atoms with Crippen molar-refractivity contribution in [2.45, 2.75) is 58.3 Å². The molecule has 4 heteroatoms.